The zero-order chi connectivity index (χ0) is 17.4. The first-order valence-electron chi connectivity index (χ1n) is 7.60. The molecule has 0 fully saturated rings. The van der Waals surface area contributed by atoms with Crippen molar-refractivity contribution < 1.29 is 19.1 Å². The van der Waals surface area contributed by atoms with E-state index in [0.29, 0.717) is 12.0 Å². The standard InChI is InChI=1S/C20H20O4/c1-23-19(21)18(20(22)24-2)17(13-15-9-5-3-6-10-15)14-16-11-7-4-8-12-16/h3-13,18H,14H2,1-2H3/b17-13-. The summed E-state index contributed by atoms with van der Waals surface area (Å²) in [6, 6.07) is 19.2. The highest BCUT2D eigenvalue weighted by molar-refractivity contribution is 5.99. The third kappa shape index (κ3) is 4.56. The molecule has 0 radical (unpaired) electrons. The van der Waals surface area contributed by atoms with Gasteiger partial charge in [0.15, 0.2) is 5.92 Å². The van der Waals surface area contributed by atoms with Gasteiger partial charge in [-0.05, 0) is 23.1 Å². The molecule has 4 heteroatoms. The number of ether oxygens (including phenoxy) is 2. The summed E-state index contributed by atoms with van der Waals surface area (Å²) < 4.78 is 9.62. The van der Waals surface area contributed by atoms with Crippen LogP contribution in [0, 0.1) is 5.92 Å². The summed E-state index contributed by atoms with van der Waals surface area (Å²) in [5.41, 5.74) is 2.53. The second kappa shape index (κ2) is 8.67. The molecule has 0 bridgehead atoms. The summed E-state index contributed by atoms with van der Waals surface area (Å²) in [5, 5.41) is 0. The number of benzene rings is 2. The van der Waals surface area contributed by atoms with Crippen molar-refractivity contribution in [1.82, 2.24) is 0 Å². The van der Waals surface area contributed by atoms with Gasteiger partial charge in [-0.25, -0.2) is 0 Å². The quantitative estimate of drug-likeness (QED) is 0.604. The molecule has 0 aromatic heterocycles. The van der Waals surface area contributed by atoms with Gasteiger partial charge in [0, 0.05) is 0 Å². The average Bonchev–Trinajstić information content (AvgIpc) is 2.63. The lowest BCUT2D eigenvalue weighted by Crippen LogP contribution is -2.29. The molecule has 0 N–H and O–H groups in total. The first-order chi connectivity index (χ1) is 11.7. The fraction of sp³-hybridized carbons (Fsp3) is 0.200. The summed E-state index contributed by atoms with van der Waals surface area (Å²) >= 11 is 0. The zero-order valence-corrected chi connectivity index (χ0v) is 13.8. The summed E-state index contributed by atoms with van der Waals surface area (Å²) in [6.45, 7) is 0. The molecule has 2 aromatic rings. The van der Waals surface area contributed by atoms with Gasteiger partial charge in [0.25, 0.3) is 0 Å². The predicted octanol–water partition coefficient (Wildman–Crippen LogP) is 3.27. The number of carbonyl (C=O) groups excluding carboxylic acids is 2. The number of esters is 2. The van der Waals surface area contributed by atoms with E-state index in [1.165, 1.54) is 14.2 Å². The molecule has 4 nitrogen and oxygen atoms in total. The third-order valence-electron chi connectivity index (χ3n) is 3.65. The highest BCUT2D eigenvalue weighted by Crippen LogP contribution is 2.23. The molecule has 24 heavy (non-hydrogen) atoms. The van der Waals surface area contributed by atoms with E-state index in [9.17, 15) is 9.59 Å². The predicted molar refractivity (Wildman–Crippen MR) is 92.1 cm³/mol. The SMILES string of the molecule is COC(=O)C(C(=O)OC)/C(=C\c1ccccc1)Cc1ccccc1. The fourth-order valence-corrected chi connectivity index (χ4v) is 2.47. The van der Waals surface area contributed by atoms with E-state index in [-0.39, 0.29) is 0 Å². The van der Waals surface area contributed by atoms with Crippen molar-refractivity contribution in [3.05, 3.63) is 77.4 Å². The van der Waals surface area contributed by atoms with E-state index in [1.807, 2.05) is 66.7 Å². The van der Waals surface area contributed by atoms with Gasteiger partial charge < -0.3 is 9.47 Å². The smallest absolute Gasteiger partial charge is 0.324 e. The molecule has 0 saturated heterocycles. The summed E-state index contributed by atoms with van der Waals surface area (Å²) in [6.07, 6.45) is 2.29. The Balaban J connectivity index is 2.45. The van der Waals surface area contributed by atoms with Crippen molar-refractivity contribution in [3.8, 4) is 0 Å². The second-order valence-electron chi connectivity index (χ2n) is 5.27. The fourth-order valence-electron chi connectivity index (χ4n) is 2.47. The molecule has 0 saturated carbocycles. The van der Waals surface area contributed by atoms with Crippen molar-refractivity contribution in [1.29, 1.82) is 0 Å². The van der Waals surface area contributed by atoms with E-state index in [4.69, 9.17) is 9.47 Å². The second-order valence-corrected chi connectivity index (χ2v) is 5.27. The molecular formula is C20H20O4. The van der Waals surface area contributed by atoms with Crippen LogP contribution in [-0.4, -0.2) is 26.2 Å². The zero-order valence-electron chi connectivity index (χ0n) is 13.8. The van der Waals surface area contributed by atoms with Crippen molar-refractivity contribution >= 4 is 18.0 Å². The van der Waals surface area contributed by atoms with Crippen molar-refractivity contribution in [2.75, 3.05) is 14.2 Å². The number of rotatable bonds is 6. The van der Waals surface area contributed by atoms with E-state index in [0.717, 1.165) is 11.1 Å². The Hall–Kier alpha value is -2.88. The summed E-state index contributed by atoms with van der Waals surface area (Å²) in [4.78, 5) is 24.3. The van der Waals surface area contributed by atoms with Gasteiger partial charge in [0.05, 0.1) is 14.2 Å². The molecule has 0 aliphatic rings. The molecule has 2 rings (SSSR count). The van der Waals surface area contributed by atoms with Crippen molar-refractivity contribution in [2.24, 2.45) is 5.92 Å². The van der Waals surface area contributed by atoms with Gasteiger partial charge in [-0.1, -0.05) is 66.7 Å². The van der Waals surface area contributed by atoms with Crippen LogP contribution in [-0.2, 0) is 25.5 Å². The maximum absolute atomic E-state index is 12.2. The van der Waals surface area contributed by atoms with Crippen molar-refractivity contribution in [2.45, 2.75) is 6.42 Å². The number of methoxy groups -OCH3 is 2. The van der Waals surface area contributed by atoms with Gasteiger partial charge in [-0.3, -0.25) is 9.59 Å². The Kier molecular flexibility index (Phi) is 6.32. The average molecular weight is 324 g/mol. The van der Waals surface area contributed by atoms with Gasteiger partial charge >= 0.3 is 11.9 Å². The molecule has 0 spiro atoms. The number of carbonyl (C=O) groups is 2. The Morgan fingerprint density at radius 3 is 1.88 bits per heavy atom. The van der Waals surface area contributed by atoms with Crippen LogP contribution < -0.4 is 0 Å². The van der Waals surface area contributed by atoms with Crippen LogP contribution in [0.5, 0.6) is 0 Å². The lowest BCUT2D eigenvalue weighted by molar-refractivity contribution is -0.156. The first-order valence-corrected chi connectivity index (χ1v) is 7.60. The number of hydrogen-bond donors (Lipinski definition) is 0. The number of hydrogen-bond acceptors (Lipinski definition) is 4. The lowest BCUT2D eigenvalue weighted by Gasteiger charge is -2.17. The Bertz CT molecular complexity index is 689. The van der Waals surface area contributed by atoms with E-state index in [2.05, 4.69) is 0 Å². The maximum atomic E-state index is 12.2. The minimum atomic E-state index is -1.08. The Labute approximate surface area is 141 Å². The monoisotopic (exact) mass is 324 g/mol. The minimum absolute atomic E-state index is 0.449. The minimum Gasteiger partial charge on any atom is -0.468 e. The Morgan fingerprint density at radius 1 is 0.875 bits per heavy atom. The molecule has 0 amide bonds. The largest absolute Gasteiger partial charge is 0.468 e. The first kappa shape index (κ1) is 17.5. The topological polar surface area (TPSA) is 52.6 Å². The molecule has 124 valence electrons. The van der Waals surface area contributed by atoms with Crippen LogP contribution in [0.1, 0.15) is 11.1 Å². The Morgan fingerprint density at radius 2 is 1.38 bits per heavy atom. The van der Waals surface area contributed by atoms with Crippen LogP contribution >= 0.6 is 0 Å². The third-order valence-corrected chi connectivity index (χ3v) is 3.65. The molecule has 0 aliphatic heterocycles. The van der Waals surface area contributed by atoms with Crippen molar-refractivity contribution in [3.63, 3.8) is 0 Å². The van der Waals surface area contributed by atoms with Gasteiger partial charge in [0.1, 0.15) is 0 Å². The van der Waals surface area contributed by atoms with E-state index < -0.39 is 17.9 Å². The maximum Gasteiger partial charge on any atom is 0.324 e. The van der Waals surface area contributed by atoms with Crippen LogP contribution in [0.3, 0.4) is 0 Å². The highest BCUT2D eigenvalue weighted by Gasteiger charge is 2.32. The molecule has 0 heterocycles. The van der Waals surface area contributed by atoms with Crippen LogP contribution in [0.4, 0.5) is 0 Å². The van der Waals surface area contributed by atoms with Gasteiger partial charge in [-0.2, -0.15) is 0 Å². The molecular weight excluding hydrogens is 304 g/mol. The highest BCUT2D eigenvalue weighted by atomic mass is 16.5. The summed E-state index contributed by atoms with van der Waals surface area (Å²) in [7, 11) is 2.53. The van der Waals surface area contributed by atoms with Crippen LogP contribution in [0.2, 0.25) is 0 Å². The van der Waals surface area contributed by atoms with Gasteiger partial charge in [0.2, 0.25) is 0 Å². The lowest BCUT2D eigenvalue weighted by atomic mass is 9.91. The van der Waals surface area contributed by atoms with E-state index >= 15 is 0 Å². The van der Waals surface area contributed by atoms with Gasteiger partial charge in [-0.15, -0.1) is 0 Å². The molecule has 2 aromatic carbocycles. The molecule has 0 atom stereocenters. The van der Waals surface area contributed by atoms with Crippen LogP contribution in [0.15, 0.2) is 66.2 Å². The van der Waals surface area contributed by atoms with E-state index in [1.54, 1.807) is 0 Å². The molecule has 0 unspecified atom stereocenters. The normalized spacial score (nSPS) is 11.2. The van der Waals surface area contributed by atoms with Crippen LogP contribution in [0.25, 0.3) is 6.08 Å². The summed E-state index contributed by atoms with van der Waals surface area (Å²) in [5.74, 6) is -2.33. The molecule has 0 aliphatic carbocycles.